The first-order valence-corrected chi connectivity index (χ1v) is 15.7. The smallest absolute Gasteiger partial charge is 0.414 e. The Morgan fingerprint density at radius 1 is 1.00 bits per heavy atom. The molecule has 2 aliphatic carbocycles. The van der Waals surface area contributed by atoms with E-state index < -0.39 is 34.8 Å². The lowest BCUT2D eigenvalue weighted by molar-refractivity contribution is -0.161. The fourth-order valence-corrected chi connectivity index (χ4v) is 6.33. The summed E-state index contributed by atoms with van der Waals surface area (Å²) in [5.41, 5.74) is -2.13. The van der Waals surface area contributed by atoms with Crippen molar-refractivity contribution in [1.82, 2.24) is 9.78 Å². The number of nitrogens with zero attached hydrogens (tertiary/aromatic N) is 3. The Kier molecular flexibility index (Phi) is 8.42. The molecular weight excluding hydrogens is 611 g/mol. The van der Waals surface area contributed by atoms with Gasteiger partial charge in [0, 0.05) is 6.54 Å². The van der Waals surface area contributed by atoms with Crippen LogP contribution in [0, 0.1) is 5.92 Å². The fraction of sp³-hybridized carbons (Fsp3) is 0.576. The predicted molar refractivity (Wildman–Crippen MR) is 163 cm³/mol. The first kappa shape index (κ1) is 33.0. The molecule has 2 aromatic rings. The van der Waals surface area contributed by atoms with Gasteiger partial charge >= 0.3 is 18.2 Å². The Labute approximate surface area is 265 Å². The molecule has 1 aliphatic heterocycles. The third kappa shape index (κ3) is 6.50. The average Bonchev–Trinajstić information content (AvgIpc) is 3.66. The SMILES string of the molecule is CC(C)(C)OC(=O)C1CC=C(c2nn(C(=O)c3c(Cl)cccc3C3(C(F)(F)F)CC3)c3c2N(C(=O)OC(C)(C)C)CCC3)CC1. The Bertz CT molecular complexity index is 1560. The summed E-state index contributed by atoms with van der Waals surface area (Å²) >= 11 is 6.47. The summed E-state index contributed by atoms with van der Waals surface area (Å²) in [6.07, 6.45) is -1.52. The number of carbonyl (C=O) groups is 3. The largest absolute Gasteiger partial charge is 0.460 e. The van der Waals surface area contributed by atoms with Crippen LogP contribution in [-0.2, 0) is 26.1 Å². The van der Waals surface area contributed by atoms with E-state index in [4.69, 9.17) is 26.2 Å². The van der Waals surface area contributed by atoms with Gasteiger partial charge in [-0.1, -0.05) is 29.8 Å². The molecule has 2 heterocycles. The first-order valence-electron chi connectivity index (χ1n) is 15.3. The van der Waals surface area contributed by atoms with Crippen LogP contribution in [0.3, 0.4) is 0 Å². The Morgan fingerprint density at radius 3 is 2.22 bits per heavy atom. The highest BCUT2D eigenvalue weighted by atomic mass is 35.5. The average molecular weight is 650 g/mol. The van der Waals surface area contributed by atoms with Crippen molar-refractivity contribution < 1.29 is 37.0 Å². The molecule has 1 saturated carbocycles. The zero-order valence-corrected chi connectivity index (χ0v) is 27.2. The third-order valence-corrected chi connectivity index (χ3v) is 8.63. The molecule has 244 valence electrons. The fourth-order valence-electron chi connectivity index (χ4n) is 6.08. The number of aromatic nitrogens is 2. The van der Waals surface area contributed by atoms with E-state index in [1.54, 1.807) is 41.5 Å². The Hall–Kier alpha value is -3.34. The van der Waals surface area contributed by atoms with Gasteiger partial charge in [-0.15, -0.1) is 0 Å². The molecule has 1 atom stereocenters. The molecule has 12 heteroatoms. The van der Waals surface area contributed by atoms with Gasteiger partial charge in [-0.05, 0) is 104 Å². The predicted octanol–water partition coefficient (Wildman–Crippen LogP) is 8.03. The van der Waals surface area contributed by atoms with Crippen LogP contribution in [0.5, 0.6) is 0 Å². The number of esters is 1. The van der Waals surface area contributed by atoms with Gasteiger partial charge < -0.3 is 9.47 Å². The molecule has 1 unspecified atom stereocenters. The van der Waals surface area contributed by atoms with Gasteiger partial charge in [0.1, 0.15) is 16.9 Å². The molecule has 1 aromatic heterocycles. The monoisotopic (exact) mass is 649 g/mol. The highest BCUT2D eigenvalue weighted by molar-refractivity contribution is 6.34. The van der Waals surface area contributed by atoms with Gasteiger partial charge in [-0.25, -0.2) is 4.79 Å². The molecule has 3 aliphatic rings. The zero-order valence-electron chi connectivity index (χ0n) is 26.4. The van der Waals surface area contributed by atoms with Crippen LogP contribution in [0.25, 0.3) is 5.57 Å². The van der Waals surface area contributed by atoms with Gasteiger partial charge in [0.2, 0.25) is 0 Å². The number of allylic oxidation sites excluding steroid dienone is 2. The number of rotatable bonds is 4. The van der Waals surface area contributed by atoms with Crippen molar-refractivity contribution in [3.8, 4) is 0 Å². The van der Waals surface area contributed by atoms with Crippen LogP contribution in [0.15, 0.2) is 24.3 Å². The molecule has 8 nitrogen and oxygen atoms in total. The van der Waals surface area contributed by atoms with Crippen molar-refractivity contribution in [3.63, 3.8) is 0 Å². The summed E-state index contributed by atoms with van der Waals surface area (Å²) in [6, 6.07) is 4.13. The summed E-state index contributed by atoms with van der Waals surface area (Å²) in [4.78, 5) is 41.9. The minimum absolute atomic E-state index is 0.101. The van der Waals surface area contributed by atoms with Gasteiger partial charge in [0.05, 0.1) is 33.3 Å². The maximum absolute atomic E-state index is 14.3. The molecule has 0 saturated heterocycles. The van der Waals surface area contributed by atoms with Crippen molar-refractivity contribution in [2.24, 2.45) is 5.92 Å². The molecule has 1 fully saturated rings. The van der Waals surface area contributed by atoms with Crippen molar-refractivity contribution in [2.75, 3.05) is 11.4 Å². The zero-order chi connectivity index (χ0) is 33.1. The number of amides is 1. The second kappa shape index (κ2) is 11.5. The standard InChI is InChI=1S/C33H39ClF3N3O5/c1-30(2,3)44-28(42)20-14-12-19(13-15-20)25-26-23(11-8-18-39(26)29(43)45-31(4,5)6)40(38-25)27(41)24-21(9-7-10-22(24)34)32(16-17-32)33(35,36)37/h7,9-10,12,20H,8,11,13-18H2,1-6H3. The van der Waals surface area contributed by atoms with E-state index in [1.807, 2.05) is 6.08 Å². The number of fused-ring (bicyclic) bond motifs is 1. The van der Waals surface area contributed by atoms with E-state index in [0.29, 0.717) is 55.7 Å². The number of halogens is 4. The molecular formula is C33H39ClF3N3O5. The number of anilines is 1. The molecule has 1 amide bonds. The van der Waals surface area contributed by atoms with Crippen LogP contribution < -0.4 is 4.90 Å². The number of alkyl halides is 3. The lowest BCUT2D eigenvalue weighted by Crippen LogP contribution is -2.40. The maximum Gasteiger partial charge on any atom is 0.414 e. The lowest BCUT2D eigenvalue weighted by atomic mass is 9.87. The molecule has 45 heavy (non-hydrogen) atoms. The van der Waals surface area contributed by atoms with E-state index in [-0.39, 0.29) is 40.9 Å². The van der Waals surface area contributed by atoms with Crippen molar-refractivity contribution in [2.45, 2.75) is 109 Å². The van der Waals surface area contributed by atoms with Crippen LogP contribution in [0.2, 0.25) is 5.02 Å². The maximum atomic E-state index is 14.3. The Balaban J connectivity index is 1.61. The summed E-state index contributed by atoms with van der Waals surface area (Å²) < 4.78 is 55.2. The third-order valence-electron chi connectivity index (χ3n) is 8.32. The van der Waals surface area contributed by atoms with Crippen molar-refractivity contribution in [3.05, 3.63) is 51.8 Å². The molecule has 0 bridgehead atoms. The second-order valence-corrected chi connectivity index (χ2v) is 14.5. The van der Waals surface area contributed by atoms with Gasteiger partial charge in [0.15, 0.2) is 0 Å². The molecule has 5 rings (SSSR count). The number of hydrogen-bond donors (Lipinski definition) is 0. The summed E-state index contributed by atoms with van der Waals surface area (Å²) in [5, 5.41) is 4.59. The number of carbonyl (C=O) groups excluding carboxylic acids is 3. The Morgan fingerprint density at radius 2 is 1.67 bits per heavy atom. The highest BCUT2D eigenvalue weighted by Gasteiger charge is 2.65. The number of ether oxygens (including phenoxy) is 2. The minimum Gasteiger partial charge on any atom is -0.460 e. The van der Waals surface area contributed by atoms with Crippen molar-refractivity contribution in [1.29, 1.82) is 0 Å². The van der Waals surface area contributed by atoms with Gasteiger partial charge in [-0.2, -0.15) is 23.0 Å². The van der Waals surface area contributed by atoms with E-state index in [9.17, 15) is 27.6 Å². The second-order valence-electron chi connectivity index (χ2n) is 14.1. The van der Waals surface area contributed by atoms with Crippen LogP contribution >= 0.6 is 11.6 Å². The quantitative estimate of drug-likeness (QED) is 0.312. The van der Waals surface area contributed by atoms with Crippen molar-refractivity contribution >= 4 is 40.8 Å². The van der Waals surface area contributed by atoms with E-state index in [0.717, 1.165) is 10.3 Å². The molecule has 0 radical (unpaired) electrons. The topological polar surface area (TPSA) is 90.7 Å². The number of hydrogen-bond acceptors (Lipinski definition) is 6. The van der Waals surface area contributed by atoms with Crippen LogP contribution in [-0.4, -0.2) is 51.7 Å². The summed E-state index contributed by atoms with van der Waals surface area (Å²) in [6.45, 7) is 11.0. The molecule has 1 aromatic carbocycles. The van der Waals surface area contributed by atoms with Gasteiger partial charge in [0.25, 0.3) is 5.91 Å². The molecule has 0 spiro atoms. The van der Waals surface area contributed by atoms with Crippen LogP contribution in [0.1, 0.15) is 107 Å². The van der Waals surface area contributed by atoms with Crippen LogP contribution in [0.4, 0.5) is 23.7 Å². The van der Waals surface area contributed by atoms with E-state index >= 15 is 0 Å². The molecule has 0 N–H and O–H groups in total. The van der Waals surface area contributed by atoms with Gasteiger partial charge in [-0.3, -0.25) is 14.5 Å². The van der Waals surface area contributed by atoms with E-state index in [2.05, 4.69) is 0 Å². The lowest BCUT2D eigenvalue weighted by Gasteiger charge is -2.31. The van der Waals surface area contributed by atoms with E-state index in [1.165, 1.54) is 23.1 Å². The first-order chi connectivity index (χ1) is 20.8. The minimum atomic E-state index is -4.56. The normalized spacial score (nSPS) is 19.8. The summed E-state index contributed by atoms with van der Waals surface area (Å²) in [7, 11) is 0. The summed E-state index contributed by atoms with van der Waals surface area (Å²) in [5.74, 6) is -1.46. The highest BCUT2D eigenvalue weighted by Crippen LogP contribution is 2.60. The number of benzene rings is 1.